The molecule has 4 heterocycles. The lowest BCUT2D eigenvalue weighted by molar-refractivity contribution is -0.137. The topological polar surface area (TPSA) is 77.1 Å². The minimum absolute atomic E-state index is 0.236. The summed E-state index contributed by atoms with van der Waals surface area (Å²) in [5, 5.41) is 2.87. The van der Waals surface area contributed by atoms with Gasteiger partial charge in [0.25, 0.3) is 5.56 Å². The molecule has 4 aromatic heterocycles. The first-order chi connectivity index (χ1) is 16.8. The molecule has 0 atom stereocenters. The van der Waals surface area contributed by atoms with Crippen LogP contribution in [-0.2, 0) is 12.7 Å². The third kappa shape index (κ3) is 4.37. The van der Waals surface area contributed by atoms with E-state index in [1.165, 1.54) is 22.8 Å². The lowest BCUT2D eigenvalue weighted by atomic mass is 10.1. The van der Waals surface area contributed by atoms with E-state index in [9.17, 15) is 18.0 Å². The van der Waals surface area contributed by atoms with Crippen LogP contribution in [0.15, 0.2) is 84.0 Å². The van der Waals surface area contributed by atoms with Crippen LogP contribution in [0.3, 0.4) is 0 Å². The summed E-state index contributed by atoms with van der Waals surface area (Å²) in [6.07, 6.45) is 0.662. The van der Waals surface area contributed by atoms with Crippen LogP contribution in [0.2, 0.25) is 0 Å². The second-order valence-corrected chi connectivity index (χ2v) is 7.82. The minimum Gasteiger partial charge on any atom is -0.357 e. The van der Waals surface area contributed by atoms with Gasteiger partial charge in [-0.1, -0.05) is 18.2 Å². The molecule has 5 aromatic rings. The first-order valence-corrected chi connectivity index (χ1v) is 10.7. The Morgan fingerprint density at radius 3 is 2.46 bits per heavy atom. The van der Waals surface area contributed by atoms with Crippen LogP contribution in [-0.4, -0.2) is 31.0 Å². The van der Waals surface area contributed by atoms with E-state index in [4.69, 9.17) is 4.98 Å². The van der Waals surface area contributed by atoms with E-state index < -0.39 is 11.7 Å². The van der Waals surface area contributed by atoms with Crippen molar-refractivity contribution in [1.82, 2.24) is 23.9 Å². The molecule has 0 saturated carbocycles. The van der Waals surface area contributed by atoms with E-state index in [0.717, 1.165) is 17.6 Å². The van der Waals surface area contributed by atoms with Crippen LogP contribution in [0, 0.1) is 0 Å². The maximum Gasteiger partial charge on any atom is 0.416 e. The molecule has 0 spiro atoms. The van der Waals surface area contributed by atoms with E-state index in [0.29, 0.717) is 34.3 Å². The van der Waals surface area contributed by atoms with Crippen molar-refractivity contribution in [3.63, 3.8) is 0 Å². The third-order valence-electron chi connectivity index (χ3n) is 5.56. The van der Waals surface area contributed by atoms with Crippen LogP contribution in [0.25, 0.3) is 28.2 Å². The zero-order valence-corrected chi connectivity index (χ0v) is 18.5. The van der Waals surface area contributed by atoms with E-state index >= 15 is 0 Å². The van der Waals surface area contributed by atoms with Crippen molar-refractivity contribution >= 4 is 11.5 Å². The highest BCUT2D eigenvalue weighted by Gasteiger charge is 2.30. The molecule has 5 rings (SSSR count). The standard InChI is InChI=1S/C25H19F3N6O/c1-29-24-30-11-9-19(31-24)15-33-13-10-17(14-21(33)35)22-20-4-2-3-12-34(20)23(32-22)16-5-7-18(8-6-16)25(26,27)28/h2-14H,15H2,1H3,(H,29,30,31). The van der Waals surface area contributed by atoms with Crippen molar-refractivity contribution in [2.45, 2.75) is 12.7 Å². The van der Waals surface area contributed by atoms with Gasteiger partial charge in [-0.25, -0.2) is 15.0 Å². The lowest BCUT2D eigenvalue weighted by Crippen LogP contribution is -2.20. The average molecular weight is 476 g/mol. The predicted molar refractivity (Wildman–Crippen MR) is 126 cm³/mol. The number of aromatic nitrogens is 5. The van der Waals surface area contributed by atoms with Crippen molar-refractivity contribution in [2.24, 2.45) is 0 Å². The number of imidazole rings is 1. The molecular formula is C25H19F3N6O. The van der Waals surface area contributed by atoms with Crippen molar-refractivity contribution in [3.05, 3.63) is 101 Å². The Morgan fingerprint density at radius 2 is 1.74 bits per heavy atom. The Morgan fingerprint density at radius 1 is 0.943 bits per heavy atom. The molecular weight excluding hydrogens is 457 g/mol. The quantitative estimate of drug-likeness (QED) is 0.397. The van der Waals surface area contributed by atoms with Gasteiger partial charge in [0.05, 0.1) is 29.0 Å². The first kappa shape index (κ1) is 22.3. The Labute approximate surface area is 197 Å². The number of alkyl halides is 3. The molecule has 0 unspecified atom stereocenters. The van der Waals surface area contributed by atoms with Crippen LogP contribution in [0.5, 0.6) is 0 Å². The molecule has 176 valence electrons. The molecule has 7 nitrogen and oxygen atoms in total. The van der Waals surface area contributed by atoms with E-state index in [1.807, 2.05) is 18.2 Å². The summed E-state index contributed by atoms with van der Waals surface area (Å²) in [7, 11) is 1.72. The number of nitrogens with zero attached hydrogens (tertiary/aromatic N) is 5. The smallest absolute Gasteiger partial charge is 0.357 e. The lowest BCUT2D eigenvalue weighted by Gasteiger charge is -2.07. The molecule has 0 radical (unpaired) electrons. The van der Waals surface area contributed by atoms with Gasteiger partial charge in [-0.2, -0.15) is 13.2 Å². The van der Waals surface area contributed by atoms with Crippen LogP contribution >= 0.6 is 0 Å². The zero-order valence-electron chi connectivity index (χ0n) is 18.5. The summed E-state index contributed by atoms with van der Waals surface area (Å²) in [4.78, 5) is 26.0. The van der Waals surface area contributed by atoms with Gasteiger partial charge in [0.2, 0.25) is 5.95 Å². The van der Waals surface area contributed by atoms with Gasteiger partial charge in [0.15, 0.2) is 0 Å². The molecule has 1 aromatic carbocycles. The number of anilines is 1. The summed E-state index contributed by atoms with van der Waals surface area (Å²) < 4.78 is 42.3. The first-order valence-electron chi connectivity index (χ1n) is 10.7. The Kier molecular flexibility index (Phi) is 5.56. The van der Waals surface area contributed by atoms with Gasteiger partial charge in [-0.15, -0.1) is 0 Å². The molecule has 10 heteroatoms. The molecule has 35 heavy (non-hydrogen) atoms. The molecule has 0 fully saturated rings. The van der Waals surface area contributed by atoms with Crippen LogP contribution in [0.4, 0.5) is 19.1 Å². The fourth-order valence-corrected chi connectivity index (χ4v) is 3.83. The predicted octanol–water partition coefficient (Wildman–Crippen LogP) is 4.73. The van der Waals surface area contributed by atoms with Crippen LogP contribution < -0.4 is 10.9 Å². The molecule has 0 saturated heterocycles. The number of fused-ring (bicyclic) bond motifs is 1. The molecule has 0 bridgehead atoms. The van der Waals surface area contributed by atoms with Gasteiger partial charge in [-0.05, 0) is 36.4 Å². The second kappa shape index (κ2) is 8.71. The highest BCUT2D eigenvalue weighted by atomic mass is 19.4. The van der Waals surface area contributed by atoms with Crippen molar-refractivity contribution in [3.8, 4) is 22.6 Å². The van der Waals surface area contributed by atoms with Crippen molar-refractivity contribution < 1.29 is 13.2 Å². The number of benzene rings is 1. The van der Waals surface area contributed by atoms with E-state index in [-0.39, 0.29) is 12.1 Å². The number of halogens is 3. The summed E-state index contributed by atoms with van der Waals surface area (Å²) in [6.45, 7) is 0.275. The maximum absolute atomic E-state index is 13.0. The number of hydrogen-bond acceptors (Lipinski definition) is 5. The van der Waals surface area contributed by atoms with Gasteiger partial charge in [0, 0.05) is 42.8 Å². The summed E-state index contributed by atoms with van der Waals surface area (Å²) in [5.41, 5.74) is 2.14. The van der Waals surface area contributed by atoms with Gasteiger partial charge < -0.3 is 9.88 Å². The second-order valence-electron chi connectivity index (χ2n) is 7.82. The zero-order chi connectivity index (χ0) is 24.6. The summed E-state index contributed by atoms with van der Waals surface area (Å²) in [5.74, 6) is 0.946. The monoisotopic (exact) mass is 476 g/mol. The molecule has 1 N–H and O–H groups in total. The van der Waals surface area contributed by atoms with Crippen molar-refractivity contribution in [2.75, 3.05) is 12.4 Å². The molecule has 0 amide bonds. The Bertz CT molecular complexity index is 1570. The van der Waals surface area contributed by atoms with Crippen molar-refractivity contribution in [1.29, 1.82) is 0 Å². The highest BCUT2D eigenvalue weighted by molar-refractivity contribution is 5.81. The number of nitrogens with one attached hydrogen (secondary N) is 1. The largest absolute Gasteiger partial charge is 0.416 e. The third-order valence-corrected chi connectivity index (χ3v) is 5.56. The van der Waals surface area contributed by atoms with E-state index in [1.54, 1.807) is 42.2 Å². The van der Waals surface area contributed by atoms with Gasteiger partial charge >= 0.3 is 6.18 Å². The Balaban J connectivity index is 1.53. The number of hydrogen-bond donors (Lipinski definition) is 1. The Hall–Kier alpha value is -4.47. The number of rotatable bonds is 5. The molecule has 0 aliphatic heterocycles. The van der Waals surface area contributed by atoms with E-state index in [2.05, 4.69) is 15.3 Å². The van der Waals surface area contributed by atoms with Gasteiger partial charge in [-0.3, -0.25) is 9.20 Å². The fraction of sp³-hybridized carbons (Fsp3) is 0.120. The van der Waals surface area contributed by atoms with Gasteiger partial charge in [0.1, 0.15) is 5.82 Å². The average Bonchev–Trinajstić information content (AvgIpc) is 3.25. The number of pyridine rings is 2. The minimum atomic E-state index is -4.41. The highest BCUT2D eigenvalue weighted by Crippen LogP contribution is 2.33. The summed E-state index contributed by atoms with van der Waals surface area (Å²) >= 11 is 0. The summed E-state index contributed by atoms with van der Waals surface area (Å²) in [6, 6.07) is 15.4. The van der Waals surface area contributed by atoms with Crippen LogP contribution in [0.1, 0.15) is 11.3 Å². The normalized spacial score (nSPS) is 11.7. The maximum atomic E-state index is 13.0. The SMILES string of the molecule is CNc1nccc(Cn2ccc(-c3nc(-c4ccc(C(F)(F)F)cc4)n4ccccc34)cc2=O)n1. The fourth-order valence-electron chi connectivity index (χ4n) is 3.83. The molecule has 0 aliphatic rings. The molecule has 0 aliphatic carbocycles.